The fraction of sp³-hybridized carbons (Fsp3) is 1.00. The van der Waals surface area contributed by atoms with Gasteiger partial charge in [-0.1, -0.05) is 0 Å². The molecule has 1 fully saturated rings. The van der Waals surface area contributed by atoms with Crippen molar-refractivity contribution in [2.24, 2.45) is 5.92 Å². The highest BCUT2D eigenvalue weighted by atomic mass is 16.5. The third-order valence-electron chi connectivity index (χ3n) is 2.83. The van der Waals surface area contributed by atoms with E-state index >= 15 is 0 Å². The van der Waals surface area contributed by atoms with E-state index in [0.29, 0.717) is 18.5 Å². The first kappa shape index (κ1) is 12.0. The van der Waals surface area contributed by atoms with Gasteiger partial charge in [0.25, 0.3) is 0 Å². The van der Waals surface area contributed by atoms with Crippen molar-refractivity contribution in [1.82, 2.24) is 5.32 Å². The Morgan fingerprint density at radius 3 is 2.50 bits per heavy atom. The van der Waals surface area contributed by atoms with E-state index in [1.54, 1.807) is 0 Å². The van der Waals surface area contributed by atoms with E-state index in [1.807, 2.05) is 13.8 Å². The van der Waals surface area contributed by atoms with E-state index in [-0.39, 0.29) is 0 Å². The quantitative estimate of drug-likeness (QED) is 0.717. The zero-order chi connectivity index (χ0) is 10.6. The van der Waals surface area contributed by atoms with Gasteiger partial charge in [-0.25, -0.2) is 0 Å². The maximum absolute atomic E-state index is 9.58. The zero-order valence-electron chi connectivity index (χ0n) is 9.55. The Labute approximate surface area is 86.8 Å². The molecule has 0 aliphatic carbocycles. The van der Waals surface area contributed by atoms with Crippen LogP contribution in [0.15, 0.2) is 0 Å². The van der Waals surface area contributed by atoms with E-state index in [2.05, 4.69) is 12.2 Å². The van der Waals surface area contributed by atoms with Gasteiger partial charge in [0.05, 0.1) is 5.60 Å². The van der Waals surface area contributed by atoms with Crippen LogP contribution in [-0.4, -0.2) is 36.5 Å². The Hall–Kier alpha value is -0.120. The average Bonchev–Trinajstić information content (AvgIpc) is 2.14. The molecule has 1 unspecified atom stereocenters. The number of nitrogens with one attached hydrogen (secondary N) is 1. The number of hydrogen-bond acceptors (Lipinski definition) is 3. The van der Waals surface area contributed by atoms with Crippen LogP contribution >= 0.6 is 0 Å². The highest BCUT2D eigenvalue weighted by Crippen LogP contribution is 2.18. The van der Waals surface area contributed by atoms with Crippen LogP contribution in [0.2, 0.25) is 0 Å². The number of hydrogen-bond donors (Lipinski definition) is 2. The monoisotopic (exact) mass is 201 g/mol. The molecule has 1 atom stereocenters. The third-order valence-corrected chi connectivity index (χ3v) is 2.83. The summed E-state index contributed by atoms with van der Waals surface area (Å²) in [5.41, 5.74) is -0.612. The summed E-state index contributed by atoms with van der Waals surface area (Å²) in [6, 6.07) is 0.477. The first-order valence-electron chi connectivity index (χ1n) is 5.52. The molecule has 14 heavy (non-hydrogen) atoms. The van der Waals surface area contributed by atoms with Gasteiger partial charge in [-0.15, -0.1) is 0 Å². The van der Waals surface area contributed by atoms with Gasteiger partial charge in [0.1, 0.15) is 0 Å². The lowest BCUT2D eigenvalue weighted by atomic mass is 9.92. The molecule has 3 nitrogen and oxygen atoms in total. The van der Waals surface area contributed by atoms with Gasteiger partial charge in [-0.2, -0.15) is 0 Å². The van der Waals surface area contributed by atoms with Gasteiger partial charge in [-0.05, 0) is 39.5 Å². The van der Waals surface area contributed by atoms with Gasteiger partial charge in [0, 0.05) is 25.8 Å². The van der Waals surface area contributed by atoms with Crippen molar-refractivity contribution >= 4 is 0 Å². The van der Waals surface area contributed by atoms with Gasteiger partial charge < -0.3 is 15.2 Å². The van der Waals surface area contributed by atoms with E-state index in [4.69, 9.17) is 4.74 Å². The molecule has 0 aromatic rings. The number of aliphatic hydroxyl groups is 1. The van der Waals surface area contributed by atoms with E-state index in [9.17, 15) is 5.11 Å². The summed E-state index contributed by atoms with van der Waals surface area (Å²) in [4.78, 5) is 0. The Balaban J connectivity index is 2.23. The van der Waals surface area contributed by atoms with Gasteiger partial charge in [0.15, 0.2) is 0 Å². The van der Waals surface area contributed by atoms with Crippen LogP contribution in [0.1, 0.15) is 33.6 Å². The molecular weight excluding hydrogens is 178 g/mol. The first-order valence-corrected chi connectivity index (χ1v) is 5.52. The molecule has 2 N–H and O–H groups in total. The molecule has 0 saturated carbocycles. The molecule has 0 aromatic heterocycles. The Morgan fingerprint density at radius 1 is 1.43 bits per heavy atom. The standard InChI is InChI=1S/C11H23NO2/c1-9(12-8-11(2,3)13)10-4-6-14-7-5-10/h9-10,12-13H,4-8H2,1-3H3. The predicted octanol–water partition coefficient (Wildman–Crippen LogP) is 1.16. The predicted molar refractivity (Wildman–Crippen MR) is 57.3 cm³/mol. The van der Waals surface area contributed by atoms with E-state index < -0.39 is 5.60 Å². The summed E-state index contributed by atoms with van der Waals surface area (Å²) in [6.07, 6.45) is 2.28. The van der Waals surface area contributed by atoms with Crippen LogP contribution < -0.4 is 5.32 Å². The van der Waals surface area contributed by atoms with Gasteiger partial charge >= 0.3 is 0 Å². The first-order chi connectivity index (χ1) is 6.49. The molecule has 0 aromatic carbocycles. The second-order valence-corrected chi connectivity index (χ2v) is 4.93. The van der Waals surface area contributed by atoms with Crippen molar-refractivity contribution in [3.05, 3.63) is 0 Å². The van der Waals surface area contributed by atoms with E-state index in [0.717, 1.165) is 26.1 Å². The fourth-order valence-corrected chi connectivity index (χ4v) is 1.79. The molecule has 0 radical (unpaired) electrons. The molecule has 1 aliphatic heterocycles. The molecule has 0 bridgehead atoms. The maximum Gasteiger partial charge on any atom is 0.0715 e. The molecule has 3 heteroatoms. The zero-order valence-corrected chi connectivity index (χ0v) is 9.55. The molecule has 1 heterocycles. The Morgan fingerprint density at radius 2 is 2.00 bits per heavy atom. The van der Waals surface area contributed by atoms with Crippen molar-refractivity contribution in [1.29, 1.82) is 0 Å². The van der Waals surface area contributed by atoms with Crippen molar-refractivity contribution in [2.75, 3.05) is 19.8 Å². The molecule has 0 spiro atoms. The Bertz CT molecular complexity index is 159. The van der Waals surface area contributed by atoms with Gasteiger partial charge in [0.2, 0.25) is 0 Å². The molecule has 1 rings (SSSR count). The largest absolute Gasteiger partial charge is 0.389 e. The van der Waals surface area contributed by atoms with Gasteiger partial charge in [-0.3, -0.25) is 0 Å². The molecule has 1 saturated heterocycles. The highest BCUT2D eigenvalue weighted by molar-refractivity contribution is 4.78. The van der Waals surface area contributed by atoms with Crippen molar-refractivity contribution < 1.29 is 9.84 Å². The maximum atomic E-state index is 9.58. The SMILES string of the molecule is CC(NCC(C)(C)O)C1CCOCC1. The molecule has 0 amide bonds. The minimum atomic E-state index is -0.612. The van der Waals surface area contributed by atoms with Crippen molar-refractivity contribution in [3.8, 4) is 0 Å². The highest BCUT2D eigenvalue weighted by Gasteiger charge is 2.22. The second kappa shape index (κ2) is 5.10. The minimum absolute atomic E-state index is 0.477. The topological polar surface area (TPSA) is 41.5 Å². The summed E-state index contributed by atoms with van der Waals surface area (Å²) in [5.74, 6) is 0.700. The van der Waals surface area contributed by atoms with Crippen LogP contribution in [0, 0.1) is 5.92 Å². The summed E-state index contributed by atoms with van der Waals surface area (Å²) in [5, 5.41) is 13.0. The van der Waals surface area contributed by atoms with Crippen LogP contribution in [-0.2, 0) is 4.74 Å². The lowest BCUT2D eigenvalue weighted by molar-refractivity contribution is 0.0450. The lowest BCUT2D eigenvalue weighted by Crippen LogP contribution is -2.43. The lowest BCUT2D eigenvalue weighted by Gasteiger charge is -2.30. The summed E-state index contributed by atoms with van der Waals surface area (Å²) >= 11 is 0. The smallest absolute Gasteiger partial charge is 0.0715 e. The van der Waals surface area contributed by atoms with E-state index in [1.165, 1.54) is 0 Å². The van der Waals surface area contributed by atoms with Crippen molar-refractivity contribution in [3.63, 3.8) is 0 Å². The number of rotatable bonds is 4. The second-order valence-electron chi connectivity index (χ2n) is 4.93. The van der Waals surface area contributed by atoms with Crippen LogP contribution in [0.3, 0.4) is 0 Å². The summed E-state index contributed by atoms with van der Waals surface area (Å²) in [6.45, 7) is 8.29. The minimum Gasteiger partial charge on any atom is -0.389 e. The van der Waals surface area contributed by atoms with Crippen LogP contribution in [0.5, 0.6) is 0 Å². The fourth-order valence-electron chi connectivity index (χ4n) is 1.79. The van der Waals surface area contributed by atoms with Crippen molar-refractivity contribution in [2.45, 2.75) is 45.3 Å². The van der Waals surface area contributed by atoms with Crippen LogP contribution in [0.4, 0.5) is 0 Å². The molecule has 1 aliphatic rings. The summed E-state index contributed by atoms with van der Waals surface area (Å²) < 4.78 is 5.32. The average molecular weight is 201 g/mol. The molecular formula is C11H23NO2. The van der Waals surface area contributed by atoms with Crippen LogP contribution in [0.25, 0.3) is 0 Å². The third kappa shape index (κ3) is 4.40. The molecule has 84 valence electrons. The Kier molecular flexibility index (Phi) is 4.35. The normalized spacial score (nSPS) is 22.3. The summed E-state index contributed by atoms with van der Waals surface area (Å²) in [7, 11) is 0. The number of ether oxygens (including phenoxy) is 1.